The molecule has 3 aliphatic rings. The van der Waals surface area contributed by atoms with E-state index in [-0.39, 0.29) is 0 Å². The maximum atomic E-state index is 3.94. The van der Waals surface area contributed by atoms with Crippen molar-refractivity contribution in [2.75, 3.05) is 0 Å². The first-order chi connectivity index (χ1) is 9.92. The normalized spacial score (nSPS) is 31.1. The van der Waals surface area contributed by atoms with Crippen LogP contribution in [-0.2, 0) is 0 Å². The predicted molar refractivity (Wildman–Crippen MR) is 86.4 cm³/mol. The van der Waals surface area contributed by atoms with Gasteiger partial charge in [-0.2, -0.15) is 0 Å². The van der Waals surface area contributed by atoms with E-state index in [1.165, 1.54) is 69.9 Å². The summed E-state index contributed by atoms with van der Waals surface area (Å²) < 4.78 is 0. The van der Waals surface area contributed by atoms with Gasteiger partial charge < -0.3 is 5.32 Å². The van der Waals surface area contributed by atoms with Gasteiger partial charge in [-0.15, -0.1) is 0 Å². The number of hydrogen-bond acceptors (Lipinski definition) is 1. The quantitative estimate of drug-likeness (QED) is 0.685. The fourth-order valence-electron chi connectivity index (χ4n) is 4.02. The van der Waals surface area contributed by atoms with Crippen molar-refractivity contribution in [2.24, 2.45) is 11.8 Å². The standard InChI is InChI=1S/C19H29N/c1-3-9-16(10-4-1)15-19(17-11-5-2-6-12-17)20-18-13-7-8-14-18/h1-3,5,13,16-17,19-20H,4,6-12,14-15H2. The minimum absolute atomic E-state index is 0.709. The molecule has 3 atom stereocenters. The van der Waals surface area contributed by atoms with E-state index >= 15 is 0 Å². The SMILES string of the molecule is C1=CCC(CC(NC2=CCCC2)C2CC=CCC2)CC1. The van der Waals surface area contributed by atoms with Gasteiger partial charge in [0.05, 0.1) is 0 Å². The number of allylic oxidation sites excluding steroid dienone is 6. The lowest BCUT2D eigenvalue weighted by Gasteiger charge is -2.33. The Balaban J connectivity index is 1.61. The highest BCUT2D eigenvalue weighted by molar-refractivity contribution is 5.08. The molecule has 0 saturated carbocycles. The summed E-state index contributed by atoms with van der Waals surface area (Å²) >= 11 is 0. The second-order valence-electron chi connectivity index (χ2n) is 6.80. The summed E-state index contributed by atoms with van der Waals surface area (Å²) in [7, 11) is 0. The lowest BCUT2D eigenvalue weighted by molar-refractivity contribution is 0.278. The molecule has 1 heteroatoms. The van der Waals surface area contributed by atoms with E-state index in [9.17, 15) is 0 Å². The zero-order chi connectivity index (χ0) is 13.6. The third-order valence-corrected chi connectivity index (χ3v) is 5.26. The summed E-state index contributed by atoms with van der Waals surface area (Å²) in [6.45, 7) is 0. The van der Waals surface area contributed by atoms with Gasteiger partial charge in [0.25, 0.3) is 0 Å². The van der Waals surface area contributed by atoms with Crippen molar-refractivity contribution in [3.05, 3.63) is 36.1 Å². The van der Waals surface area contributed by atoms with Crippen molar-refractivity contribution < 1.29 is 0 Å². The first-order valence-corrected chi connectivity index (χ1v) is 8.67. The van der Waals surface area contributed by atoms with Crippen LogP contribution in [0.4, 0.5) is 0 Å². The van der Waals surface area contributed by atoms with Gasteiger partial charge in [0.2, 0.25) is 0 Å². The number of nitrogens with one attached hydrogen (secondary N) is 1. The zero-order valence-electron chi connectivity index (χ0n) is 12.7. The van der Waals surface area contributed by atoms with E-state index in [0.29, 0.717) is 6.04 Å². The molecule has 3 unspecified atom stereocenters. The van der Waals surface area contributed by atoms with Gasteiger partial charge >= 0.3 is 0 Å². The van der Waals surface area contributed by atoms with Crippen molar-refractivity contribution >= 4 is 0 Å². The Morgan fingerprint density at radius 2 is 1.85 bits per heavy atom. The summed E-state index contributed by atoms with van der Waals surface area (Å²) in [5, 5.41) is 3.94. The largest absolute Gasteiger partial charge is 0.386 e. The highest BCUT2D eigenvalue weighted by atomic mass is 14.9. The Labute approximate surface area is 124 Å². The Morgan fingerprint density at radius 1 is 1.00 bits per heavy atom. The monoisotopic (exact) mass is 271 g/mol. The Kier molecular flexibility index (Phi) is 5.00. The lowest BCUT2D eigenvalue weighted by atomic mass is 9.80. The first-order valence-electron chi connectivity index (χ1n) is 8.67. The number of hydrogen-bond donors (Lipinski definition) is 1. The van der Waals surface area contributed by atoms with E-state index in [2.05, 4.69) is 35.7 Å². The molecule has 0 aliphatic heterocycles. The molecule has 0 aromatic heterocycles. The Morgan fingerprint density at radius 3 is 2.50 bits per heavy atom. The van der Waals surface area contributed by atoms with Crippen LogP contribution in [0.15, 0.2) is 36.1 Å². The predicted octanol–water partition coefficient (Wildman–Crippen LogP) is 5.12. The van der Waals surface area contributed by atoms with Crippen molar-refractivity contribution in [1.82, 2.24) is 5.32 Å². The average Bonchev–Trinajstić information content (AvgIpc) is 3.02. The summed E-state index contributed by atoms with van der Waals surface area (Å²) in [6, 6.07) is 0.709. The minimum Gasteiger partial charge on any atom is -0.386 e. The molecule has 0 amide bonds. The van der Waals surface area contributed by atoms with E-state index in [0.717, 1.165) is 11.8 Å². The van der Waals surface area contributed by atoms with E-state index < -0.39 is 0 Å². The van der Waals surface area contributed by atoms with Crippen LogP contribution in [-0.4, -0.2) is 6.04 Å². The summed E-state index contributed by atoms with van der Waals surface area (Å²) in [6.07, 6.45) is 25.2. The average molecular weight is 271 g/mol. The van der Waals surface area contributed by atoms with Gasteiger partial charge in [0, 0.05) is 11.7 Å². The van der Waals surface area contributed by atoms with Gasteiger partial charge in [-0.25, -0.2) is 0 Å². The van der Waals surface area contributed by atoms with Crippen molar-refractivity contribution in [3.63, 3.8) is 0 Å². The second kappa shape index (κ2) is 7.15. The summed E-state index contributed by atoms with van der Waals surface area (Å²) in [5.74, 6) is 1.76. The topological polar surface area (TPSA) is 12.0 Å². The molecule has 0 heterocycles. The third kappa shape index (κ3) is 3.77. The van der Waals surface area contributed by atoms with Gasteiger partial charge in [-0.1, -0.05) is 30.4 Å². The molecular formula is C19H29N. The summed E-state index contributed by atoms with van der Waals surface area (Å²) in [5.41, 5.74) is 1.54. The van der Waals surface area contributed by atoms with Crippen LogP contribution in [0.25, 0.3) is 0 Å². The van der Waals surface area contributed by atoms with Gasteiger partial charge in [-0.05, 0) is 76.0 Å². The van der Waals surface area contributed by atoms with Crippen LogP contribution in [0, 0.1) is 11.8 Å². The highest BCUT2D eigenvalue weighted by Crippen LogP contribution is 2.31. The molecule has 1 nitrogen and oxygen atoms in total. The Bertz CT molecular complexity index is 391. The first kappa shape index (κ1) is 14.0. The molecule has 20 heavy (non-hydrogen) atoms. The van der Waals surface area contributed by atoms with E-state index in [4.69, 9.17) is 0 Å². The maximum Gasteiger partial charge on any atom is 0.0292 e. The smallest absolute Gasteiger partial charge is 0.0292 e. The Hall–Kier alpha value is -0.980. The zero-order valence-corrected chi connectivity index (χ0v) is 12.7. The maximum absolute atomic E-state index is 3.94. The van der Waals surface area contributed by atoms with Crippen LogP contribution in [0.5, 0.6) is 0 Å². The van der Waals surface area contributed by atoms with Crippen LogP contribution in [0.1, 0.15) is 64.2 Å². The van der Waals surface area contributed by atoms with Crippen molar-refractivity contribution in [3.8, 4) is 0 Å². The molecule has 0 radical (unpaired) electrons. The molecule has 0 spiro atoms. The van der Waals surface area contributed by atoms with E-state index in [1.54, 1.807) is 0 Å². The molecule has 3 rings (SSSR count). The molecule has 0 saturated heterocycles. The van der Waals surface area contributed by atoms with Gasteiger partial charge in [0.15, 0.2) is 0 Å². The third-order valence-electron chi connectivity index (χ3n) is 5.26. The molecule has 0 aromatic rings. The van der Waals surface area contributed by atoms with Crippen molar-refractivity contribution in [2.45, 2.75) is 70.3 Å². The minimum atomic E-state index is 0.709. The van der Waals surface area contributed by atoms with Crippen LogP contribution < -0.4 is 5.32 Å². The highest BCUT2D eigenvalue weighted by Gasteiger charge is 2.26. The lowest BCUT2D eigenvalue weighted by Crippen LogP contribution is -2.37. The molecule has 0 aromatic carbocycles. The number of rotatable bonds is 5. The molecule has 110 valence electrons. The van der Waals surface area contributed by atoms with Gasteiger partial charge in [0.1, 0.15) is 0 Å². The van der Waals surface area contributed by atoms with Crippen LogP contribution >= 0.6 is 0 Å². The van der Waals surface area contributed by atoms with Crippen LogP contribution in [0.2, 0.25) is 0 Å². The fraction of sp³-hybridized carbons (Fsp3) is 0.684. The molecule has 1 N–H and O–H groups in total. The second-order valence-corrected chi connectivity index (χ2v) is 6.80. The van der Waals surface area contributed by atoms with E-state index in [1.807, 2.05) is 0 Å². The molecular weight excluding hydrogens is 242 g/mol. The van der Waals surface area contributed by atoms with Gasteiger partial charge in [-0.3, -0.25) is 0 Å². The van der Waals surface area contributed by atoms with Crippen LogP contribution in [0.3, 0.4) is 0 Å². The summed E-state index contributed by atoms with van der Waals surface area (Å²) in [4.78, 5) is 0. The molecule has 0 fully saturated rings. The van der Waals surface area contributed by atoms with Crippen molar-refractivity contribution in [1.29, 1.82) is 0 Å². The molecule has 0 bridgehead atoms. The molecule has 3 aliphatic carbocycles. The fourth-order valence-corrected chi connectivity index (χ4v) is 4.02.